The van der Waals surface area contributed by atoms with Gasteiger partial charge in [0.05, 0.1) is 6.54 Å². The van der Waals surface area contributed by atoms with E-state index in [0.717, 1.165) is 17.7 Å². The highest BCUT2D eigenvalue weighted by molar-refractivity contribution is 5.92. The van der Waals surface area contributed by atoms with Crippen LogP contribution in [0.25, 0.3) is 0 Å². The van der Waals surface area contributed by atoms with Crippen LogP contribution in [-0.4, -0.2) is 34.6 Å². The van der Waals surface area contributed by atoms with E-state index in [2.05, 4.69) is 10.3 Å². The summed E-state index contributed by atoms with van der Waals surface area (Å²) in [6, 6.07) is 8.36. The molecular weight excluding hydrogens is 339 g/mol. The molecule has 0 spiro atoms. The zero-order valence-electron chi connectivity index (χ0n) is 14.8. The number of rotatable bonds is 6. The molecule has 0 aliphatic rings. The van der Waals surface area contributed by atoms with Crippen LogP contribution in [0.15, 0.2) is 42.6 Å². The molecule has 0 saturated heterocycles. The largest absolute Gasteiger partial charge is 0.478 e. The third-order valence-electron chi connectivity index (χ3n) is 3.68. The lowest BCUT2D eigenvalue weighted by molar-refractivity contribution is -0.144. The number of carboxylic acids is 1. The van der Waals surface area contributed by atoms with E-state index in [4.69, 9.17) is 4.74 Å². The first kappa shape index (κ1) is 19.4. The van der Waals surface area contributed by atoms with E-state index >= 15 is 0 Å². The number of hydrogen-bond acceptors (Lipinski definition) is 4. The highest BCUT2D eigenvalue weighted by atomic mass is 19.1. The normalized spacial score (nSPS) is 12.3. The van der Waals surface area contributed by atoms with Gasteiger partial charge >= 0.3 is 5.97 Å². The minimum Gasteiger partial charge on any atom is -0.478 e. The van der Waals surface area contributed by atoms with Crippen LogP contribution in [0.5, 0.6) is 5.75 Å². The lowest BCUT2D eigenvalue weighted by Gasteiger charge is -2.18. The van der Waals surface area contributed by atoms with Gasteiger partial charge in [-0.3, -0.25) is 9.78 Å². The zero-order chi connectivity index (χ0) is 19.3. The standard InChI is InChI=1S/C19H21FN2O4/c1-19(2,3)12-4-9-15(21-10-12)17(23)22-11-16(18(24)25)26-14-7-5-13(20)6-8-14/h4-10,16H,11H2,1-3H3,(H,22,23)(H,24,25). The van der Waals surface area contributed by atoms with Crippen LogP contribution in [0.1, 0.15) is 36.8 Å². The Kier molecular flexibility index (Phi) is 5.92. The number of halogens is 1. The molecule has 1 aromatic heterocycles. The molecule has 7 heteroatoms. The van der Waals surface area contributed by atoms with Crippen LogP contribution in [0, 0.1) is 5.82 Å². The summed E-state index contributed by atoms with van der Waals surface area (Å²) in [5.74, 6) is -2.01. The number of carbonyl (C=O) groups excluding carboxylic acids is 1. The SMILES string of the molecule is CC(C)(C)c1ccc(C(=O)NCC(Oc2ccc(F)cc2)C(=O)O)nc1. The van der Waals surface area contributed by atoms with Crippen molar-refractivity contribution in [2.45, 2.75) is 32.3 Å². The van der Waals surface area contributed by atoms with Crippen molar-refractivity contribution < 1.29 is 23.8 Å². The van der Waals surface area contributed by atoms with Crippen molar-refractivity contribution in [3.8, 4) is 5.75 Å². The topological polar surface area (TPSA) is 88.5 Å². The van der Waals surface area contributed by atoms with Gasteiger partial charge in [0.1, 0.15) is 17.3 Å². The maximum atomic E-state index is 12.9. The van der Waals surface area contributed by atoms with Gasteiger partial charge in [-0.2, -0.15) is 0 Å². The van der Waals surface area contributed by atoms with Crippen LogP contribution >= 0.6 is 0 Å². The molecule has 0 radical (unpaired) electrons. The van der Waals surface area contributed by atoms with Crippen molar-refractivity contribution in [1.82, 2.24) is 10.3 Å². The highest BCUT2D eigenvalue weighted by Crippen LogP contribution is 2.21. The molecular formula is C19H21FN2O4. The van der Waals surface area contributed by atoms with Crippen LogP contribution in [0.2, 0.25) is 0 Å². The number of carbonyl (C=O) groups is 2. The number of hydrogen-bond donors (Lipinski definition) is 2. The molecule has 2 N–H and O–H groups in total. The number of pyridine rings is 1. The Labute approximate surface area is 151 Å². The van der Waals surface area contributed by atoms with Crippen molar-refractivity contribution in [3.05, 3.63) is 59.7 Å². The molecule has 1 heterocycles. The Hall–Kier alpha value is -2.96. The van der Waals surface area contributed by atoms with Gasteiger partial charge in [0.25, 0.3) is 5.91 Å². The summed E-state index contributed by atoms with van der Waals surface area (Å²) in [7, 11) is 0. The van der Waals surface area contributed by atoms with Crippen molar-refractivity contribution in [2.24, 2.45) is 0 Å². The number of nitrogens with one attached hydrogen (secondary N) is 1. The van der Waals surface area contributed by atoms with Crippen LogP contribution < -0.4 is 10.1 Å². The summed E-state index contributed by atoms with van der Waals surface area (Å²) in [4.78, 5) is 27.6. The first-order valence-electron chi connectivity index (χ1n) is 8.06. The van der Waals surface area contributed by atoms with Crippen LogP contribution in [0.4, 0.5) is 4.39 Å². The lowest BCUT2D eigenvalue weighted by atomic mass is 9.88. The molecule has 1 amide bonds. The first-order valence-corrected chi connectivity index (χ1v) is 8.06. The van der Waals surface area contributed by atoms with Crippen LogP contribution in [0.3, 0.4) is 0 Å². The maximum Gasteiger partial charge on any atom is 0.346 e. The summed E-state index contributed by atoms with van der Waals surface area (Å²) in [6.07, 6.45) is 0.316. The van der Waals surface area contributed by atoms with E-state index in [1.807, 2.05) is 26.8 Å². The van der Waals surface area contributed by atoms with Gasteiger partial charge in [-0.05, 0) is 41.3 Å². The number of amides is 1. The minimum absolute atomic E-state index is 0.0839. The molecule has 1 unspecified atom stereocenters. The molecule has 26 heavy (non-hydrogen) atoms. The number of ether oxygens (including phenoxy) is 1. The molecule has 2 aromatic rings. The van der Waals surface area contributed by atoms with Gasteiger partial charge in [0.15, 0.2) is 0 Å². The Morgan fingerprint density at radius 3 is 2.35 bits per heavy atom. The number of aromatic nitrogens is 1. The lowest BCUT2D eigenvalue weighted by Crippen LogP contribution is -2.40. The summed E-state index contributed by atoms with van der Waals surface area (Å²) in [6.45, 7) is 5.85. The summed E-state index contributed by atoms with van der Waals surface area (Å²) < 4.78 is 18.2. The highest BCUT2D eigenvalue weighted by Gasteiger charge is 2.21. The Morgan fingerprint density at radius 2 is 1.85 bits per heavy atom. The third kappa shape index (κ3) is 5.27. The predicted molar refractivity (Wildman–Crippen MR) is 93.7 cm³/mol. The van der Waals surface area contributed by atoms with Gasteiger partial charge in [-0.25, -0.2) is 9.18 Å². The fourth-order valence-electron chi connectivity index (χ4n) is 2.10. The monoisotopic (exact) mass is 360 g/mol. The smallest absolute Gasteiger partial charge is 0.346 e. The molecule has 0 fully saturated rings. The Morgan fingerprint density at radius 1 is 1.19 bits per heavy atom. The van der Waals surface area contributed by atoms with Crippen molar-refractivity contribution in [1.29, 1.82) is 0 Å². The quantitative estimate of drug-likeness (QED) is 0.827. The average molecular weight is 360 g/mol. The van der Waals surface area contributed by atoms with Crippen molar-refractivity contribution in [2.75, 3.05) is 6.54 Å². The predicted octanol–water partition coefficient (Wildman–Crippen LogP) is 2.78. The molecule has 1 aromatic carbocycles. The molecule has 138 valence electrons. The third-order valence-corrected chi connectivity index (χ3v) is 3.68. The van der Waals surface area contributed by atoms with Gasteiger partial charge in [0.2, 0.25) is 6.10 Å². The van der Waals surface area contributed by atoms with E-state index < -0.39 is 23.8 Å². The van der Waals surface area contributed by atoms with E-state index in [9.17, 15) is 19.1 Å². The van der Waals surface area contributed by atoms with Gasteiger partial charge in [0, 0.05) is 6.20 Å². The van der Waals surface area contributed by atoms with Crippen molar-refractivity contribution in [3.63, 3.8) is 0 Å². The fraction of sp³-hybridized carbons (Fsp3) is 0.316. The number of benzene rings is 1. The van der Waals surface area contributed by atoms with E-state index in [-0.39, 0.29) is 23.4 Å². The van der Waals surface area contributed by atoms with Gasteiger partial charge in [-0.1, -0.05) is 26.8 Å². The number of aliphatic carboxylic acids is 1. The molecule has 0 aliphatic carbocycles. The van der Waals surface area contributed by atoms with E-state index in [1.165, 1.54) is 12.1 Å². The second-order valence-corrected chi connectivity index (χ2v) is 6.79. The molecule has 6 nitrogen and oxygen atoms in total. The zero-order valence-corrected chi connectivity index (χ0v) is 14.8. The summed E-state index contributed by atoms with van der Waals surface area (Å²) >= 11 is 0. The summed E-state index contributed by atoms with van der Waals surface area (Å²) in [5.41, 5.74) is 1.08. The van der Waals surface area contributed by atoms with Gasteiger partial charge in [-0.15, -0.1) is 0 Å². The second-order valence-electron chi connectivity index (χ2n) is 6.79. The Balaban J connectivity index is 1.98. The van der Waals surface area contributed by atoms with E-state index in [1.54, 1.807) is 12.3 Å². The Bertz CT molecular complexity index is 768. The first-order chi connectivity index (χ1) is 12.2. The summed E-state index contributed by atoms with van der Waals surface area (Å²) in [5, 5.41) is 11.7. The second kappa shape index (κ2) is 7.95. The number of nitrogens with zero attached hydrogens (tertiary/aromatic N) is 1. The fourth-order valence-corrected chi connectivity index (χ4v) is 2.10. The average Bonchev–Trinajstić information content (AvgIpc) is 2.59. The molecule has 1 atom stereocenters. The molecule has 2 rings (SSSR count). The maximum absolute atomic E-state index is 12.9. The van der Waals surface area contributed by atoms with Crippen LogP contribution in [-0.2, 0) is 10.2 Å². The number of carboxylic acid groups (broad SMARTS) is 1. The van der Waals surface area contributed by atoms with Crippen molar-refractivity contribution >= 4 is 11.9 Å². The van der Waals surface area contributed by atoms with E-state index in [0.29, 0.717) is 0 Å². The molecule has 0 aliphatic heterocycles. The molecule has 0 bridgehead atoms. The van der Waals surface area contributed by atoms with Gasteiger partial charge < -0.3 is 15.2 Å². The molecule has 0 saturated carbocycles. The minimum atomic E-state index is -1.31.